The Balaban J connectivity index is 2.04. The van der Waals surface area contributed by atoms with Gasteiger partial charge in [-0.15, -0.1) is 11.3 Å². The van der Waals surface area contributed by atoms with Gasteiger partial charge in [0.15, 0.2) is 0 Å². The summed E-state index contributed by atoms with van der Waals surface area (Å²) in [4.78, 5) is 5.57. The van der Waals surface area contributed by atoms with Crippen LogP contribution in [-0.2, 0) is 0 Å². The number of hydrogen-bond acceptors (Lipinski definition) is 3. The molecule has 2 nitrogen and oxygen atoms in total. The van der Waals surface area contributed by atoms with Crippen LogP contribution in [0, 0.1) is 13.8 Å². The van der Waals surface area contributed by atoms with Crippen molar-refractivity contribution < 1.29 is 0 Å². The van der Waals surface area contributed by atoms with Crippen molar-refractivity contribution in [3.63, 3.8) is 0 Å². The highest BCUT2D eigenvalue weighted by Crippen LogP contribution is 2.30. The highest BCUT2D eigenvalue weighted by molar-refractivity contribution is 7.12. The first-order valence-corrected chi connectivity index (χ1v) is 7.97. The molecule has 1 aliphatic rings. The number of nitrogens with one attached hydrogen (secondary N) is 1. The summed E-state index contributed by atoms with van der Waals surface area (Å²) in [5.74, 6) is 0. The van der Waals surface area contributed by atoms with Crippen molar-refractivity contribution in [2.45, 2.75) is 52.6 Å². The number of piperazine rings is 1. The monoisotopic (exact) mass is 266 g/mol. The van der Waals surface area contributed by atoms with E-state index in [1.165, 1.54) is 41.2 Å². The van der Waals surface area contributed by atoms with Crippen LogP contribution in [0.15, 0.2) is 6.07 Å². The van der Waals surface area contributed by atoms with Gasteiger partial charge in [0, 0.05) is 41.5 Å². The Hall–Kier alpha value is -0.380. The van der Waals surface area contributed by atoms with Gasteiger partial charge in [0.25, 0.3) is 0 Å². The lowest BCUT2D eigenvalue weighted by atomic mass is 10.0. The van der Waals surface area contributed by atoms with Crippen molar-refractivity contribution in [3.8, 4) is 0 Å². The standard InChI is InChI=1S/C15H26N2S/c1-5-6-14-10-17(8-7-16-14)12(3)15-9-11(2)18-13(15)4/h9,12,14,16H,5-8,10H2,1-4H3. The molecule has 2 unspecified atom stereocenters. The normalized spacial score (nSPS) is 23.2. The minimum absolute atomic E-state index is 0.566. The number of nitrogens with zero attached hydrogens (tertiary/aromatic N) is 1. The highest BCUT2D eigenvalue weighted by Gasteiger charge is 2.24. The van der Waals surface area contributed by atoms with Gasteiger partial charge in [-0.05, 0) is 38.8 Å². The molecule has 1 N–H and O–H groups in total. The summed E-state index contributed by atoms with van der Waals surface area (Å²) in [6, 6.07) is 3.63. The Morgan fingerprint density at radius 2 is 2.28 bits per heavy atom. The third kappa shape index (κ3) is 3.14. The topological polar surface area (TPSA) is 15.3 Å². The number of rotatable bonds is 4. The molecule has 0 bridgehead atoms. The minimum Gasteiger partial charge on any atom is -0.311 e. The Bertz CT molecular complexity index is 384. The molecule has 102 valence electrons. The molecule has 2 atom stereocenters. The van der Waals surface area contributed by atoms with Gasteiger partial charge in [0.05, 0.1) is 0 Å². The van der Waals surface area contributed by atoms with Crippen LogP contribution in [0.3, 0.4) is 0 Å². The number of thiophene rings is 1. The maximum Gasteiger partial charge on any atom is 0.0332 e. The summed E-state index contributed by atoms with van der Waals surface area (Å²) in [5.41, 5.74) is 1.54. The lowest BCUT2D eigenvalue weighted by Crippen LogP contribution is -2.51. The first-order valence-electron chi connectivity index (χ1n) is 7.16. The predicted molar refractivity (Wildman–Crippen MR) is 80.5 cm³/mol. The van der Waals surface area contributed by atoms with Gasteiger partial charge in [-0.1, -0.05) is 13.3 Å². The number of hydrogen-bond donors (Lipinski definition) is 1. The van der Waals surface area contributed by atoms with Gasteiger partial charge < -0.3 is 5.32 Å². The molecule has 1 fully saturated rings. The van der Waals surface area contributed by atoms with Crippen molar-refractivity contribution in [3.05, 3.63) is 21.4 Å². The van der Waals surface area contributed by atoms with Crippen molar-refractivity contribution in [1.29, 1.82) is 0 Å². The van der Waals surface area contributed by atoms with Crippen LogP contribution in [0.5, 0.6) is 0 Å². The Morgan fingerprint density at radius 1 is 1.50 bits per heavy atom. The molecule has 3 heteroatoms. The molecule has 0 radical (unpaired) electrons. The molecule has 1 aliphatic heterocycles. The summed E-state index contributed by atoms with van der Waals surface area (Å²) in [5, 5.41) is 3.64. The van der Waals surface area contributed by atoms with Crippen molar-refractivity contribution in [2.75, 3.05) is 19.6 Å². The molecule has 1 aromatic heterocycles. The van der Waals surface area contributed by atoms with E-state index in [0.717, 1.165) is 6.54 Å². The average Bonchev–Trinajstić information content (AvgIpc) is 2.68. The van der Waals surface area contributed by atoms with Crippen molar-refractivity contribution in [1.82, 2.24) is 10.2 Å². The van der Waals surface area contributed by atoms with E-state index in [0.29, 0.717) is 12.1 Å². The summed E-state index contributed by atoms with van der Waals surface area (Å²) in [6.07, 6.45) is 2.57. The zero-order chi connectivity index (χ0) is 13.1. The van der Waals surface area contributed by atoms with Crippen LogP contribution in [0.25, 0.3) is 0 Å². The van der Waals surface area contributed by atoms with E-state index in [4.69, 9.17) is 0 Å². The fourth-order valence-corrected chi connectivity index (χ4v) is 4.02. The Kier molecular flexibility index (Phi) is 4.82. The molecule has 0 spiro atoms. The van der Waals surface area contributed by atoms with E-state index in [1.54, 1.807) is 0 Å². The van der Waals surface area contributed by atoms with Crippen LogP contribution in [-0.4, -0.2) is 30.6 Å². The summed E-state index contributed by atoms with van der Waals surface area (Å²) in [7, 11) is 0. The van der Waals surface area contributed by atoms with Crippen molar-refractivity contribution in [2.24, 2.45) is 0 Å². The molecular weight excluding hydrogens is 240 g/mol. The fraction of sp³-hybridized carbons (Fsp3) is 0.733. The van der Waals surface area contributed by atoms with Crippen LogP contribution in [0.2, 0.25) is 0 Å². The third-order valence-electron chi connectivity index (χ3n) is 4.00. The highest BCUT2D eigenvalue weighted by atomic mass is 32.1. The zero-order valence-electron chi connectivity index (χ0n) is 12.1. The second-order valence-corrected chi connectivity index (χ2v) is 6.94. The molecule has 1 aromatic rings. The first kappa shape index (κ1) is 14.0. The van der Waals surface area contributed by atoms with E-state index < -0.39 is 0 Å². The Morgan fingerprint density at radius 3 is 2.89 bits per heavy atom. The molecule has 1 saturated heterocycles. The third-order valence-corrected chi connectivity index (χ3v) is 4.98. The molecule has 0 saturated carbocycles. The van der Waals surface area contributed by atoms with Crippen molar-refractivity contribution >= 4 is 11.3 Å². The molecule has 18 heavy (non-hydrogen) atoms. The predicted octanol–water partition coefficient (Wildman–Crippen LogP) is 3.50. The lowest BCUT2D eigenvalue weighted by molar-refractivity contribution is 0.149. The summed E-state index contributed by atoms with van der Waals surface area (Å²) < 4.78 is 0. The minimum atomic E-state index is 0.566. The van der Waals surface area contributed by atoms with Gasteiger partial charge in [0.2, 0.25) is 0 Å². The van der Waals surface area contributed by atoms with E-state index in [-0.39, 0.29) is 0 Å². The van der Waals surface area contributed by atoms with Crippen LogP contribution >= 0.6 is 11.3 Å². The van der Waals surface area contributed by atoms with E-state index in [1.807, 2.05) is 11.3 Å². The first-order chi connectivity index (χ1) is 8.61. The number of aryl methyl sites for hydroxylation is 2. The van der Waals surface area contributed by atoms with Crippen LogP contribution < -0.4 is 5.32 Å². The van der Waals surface area contributed by atoms with E-state index in [9.17, 15) is 0 Å². The SMILES string of the molecule is CCCC1CN(C(C)c2cc(C)sc2C)CCN1. The molecule has 0 amide bonds. The molecule has 2 rings (SSSR count). The van der Waals surface area contributed by atoms with Gasteiger partial charge in [-0.25, -0.2) is 0 Å². The molecule has 2 heterocycles. The molecule has 0 aliphatic carbocycles. The second kappa shape index (κ2) is 6.18. The fourth-order valence-electron chi connectivity index (χ4n) is 3.01. The average molecular weight is 266 g/mol. The van der Waals surface area contributed by atoms with Gasteiger partial charge >= 0.3 is 0 Å². The summed E-state index contributed by atoms with van der Waals surface area (Å²) in [6.45, 7) is 12.6. The van der Waals surface area contributed by atoms with Gasteiger partial charge in [-0.2, -0.15) is 0 Å². The maximum atomic E-state index is 3.64. The van der Waals surface area contributed by atoms with E-state index >= 15 is 0 Å². The Labute approximate surface area is 115 Å². The second-order valence-electron chi connectivity index (χ2n) is 5.48. The smallest absolute Gasteiger partial charge is 0.0332 e. The molecule has 0 aromatic carbocycles. The van der Waals surface area contributed by atoms with E-state index in [2.05, 4.69) is 44.0 Å². The van der Waals surface area contributed by atoms with Crippen LogP contribution in [0.1, 0.15) is 48.0 Å². The zero-order valence-corrected chi connectivity index (χ0v) is 12.9. The molecular formula is C15H26N2S. The summed E-state index contributed by atoms with van der Waals surface area (Å²) >= 11 is 1.93. The van der Waals surface area contributed by atoms with Crippen LogP contribution in [0.4, 0.5) is 0 Å². The van der Waals surface area contributed by atoms with Gasteiger partial charge in [-0.3, -0.25) is 4.90 Å². The van der Waals surface area contributed by atoms with Gasteiger partial charge in [0.1, 0.15) is 0 Å². The quantitative estimate of drug-likeness (QED) is 0.897. The largest absolute Gasteiger partial charge is 0.311 e. The lowest BCUT2D eigenvalue weighted by Gasteiger charge is -2.37. The maximum absolute atomic E-state index is 3.64.